The maximum Gasteiger partial charge on any atom is 0.315 e. The molecule has 0 saturated heterocycles. The van der Waals surface area contributed by atoms with Gasteiger partial charge in [0.05, 0.1) is 0 Å². The molecule has 0 unspecified atom stereocenters. The van der Waals surface area contributed by atoms with Crippen LogP contribution in [0.1, 0.15) is 70.9 Å². The number of unbranched alkanes of at least 4 members (excludes halogenated alkanes) is 4. The van der Waals surface area contributed by atoms with Crippen molar-refractivity contribution in [3.63, 3.8) is 0 Å². The molecule has 4 nitrogen and oxygen atoms in total. The van der Waals surface area contributed by atoms with Crippen molar-refractivity contribution in [3.05, 3.63) is 35.4 Å². The summed E-state index contributed by atoms with van der Waals surface area (Å²) in [6, 6.07) is 8.29. The molecule has 0 heterocycles. The molecular formula is C20H35N3O. The van der Waals surface area contributed by atoms with Crippen LogP contribution in [0, 0.1) is 0 Å². The van der Waals surface area contributed by atoms with E-state index < -0.39 is 0 Å². The topological polar surface area (TPSA) is 53.2 Å². The summed E-state index contributed by atoms with van der Waals surface area (Å²) in [5.74, 6) is 0. The third kappa shape index (κ3) is 10.3. The summed E-state index contributed by atoms with van der Waals surface area (Å²) in [7, 11) is 0. The minimum Gasteiger partial charge on any atom is -0.334 e. The molecule has 0 fully saturated rings. The number of amides is 2. The van der Waals surface area contributed by atoms with Gasteiger partial charge in [0, 0.05) is 18.6 Å². The quantitative estimate of drug-likeness (QED) is 0.558. The molecule has 0 aromatic heterocycles. The van der Waals surface area contributed by atoms with Gasteiger partial charge >= 0.3 is 6.03 Å². The summed E-state index contributed by atoms with van der Waals surface area (Å²) in [5.41, 5.74) is 2.18. The van der Waals surface area contributed by atoms with E-state index in [9.17, 15) is 4.79 Å². The summed E-state index contributed by atoms with van der Waals surface area (Å²) in [6.07, 6.45) is 6.57. The van der Waals surface area contributed by atoms with Gasteiger partial charge in [0.2, 0.25) is 0 Å². The van der Waals surface area contributed by atoms with Crippen LogP contribution in [-0.4, -0.2) is 18.1 Å². The van der Waals surface area contributed by atoms with Gasteiger partial charge < -0.3 is 16.0 Å². The van der Waals surface area contributed by atoms with Crippen molar-refractivity contribution in [1.82, 2.24) is 16.0 Å². The van der Waals surface area contributed by atoms with Crippen molar-refractivity contribution in [2.75, 3.05) is 6.54 Å². The van der Waals surface area contributed by atoms with E-state index in [2.05, 4.69) is 47.1 Å². The van der Waals surface area contributed by atoms with Crippen LogP contribution in [0.3, 0.4) is 0 Å². The van der Waals surface area contributed by atoms with Crippen LogP contribution in [0.5, 0.6) is 0 Å². The van der Waals surface area contributed by atoms with Gasteiger partial charge in [-0.2, -0.15) is 0 Å². The first-order valence-corrected chi connectivity index (χ1v) is 9.25. The molecule has 0 spiro atoms. The van der Waals surface area contributed by atoms with Crippen LogP contribution in [0.15, 0.2) is 24.3 Å². The highest BCUT2D eigenvalue weighted by Gasteiger charge is 2.12. The maximum atomic E-state index is 11.7. The summed E-state index contributed by atoms with van der Waals surface area (Å²) in [6.45, 7) is 10.7. The average molecular weight is 334 g/mol. The monoisotopic (exact) mass is 333 g/mol. The Bertz CT molecular complexity index is 463. The minimum absolute atomic E-state index is 0.128. The Balaban J connectivity index is 2.20. The van der Waals surface area contributed by atoms with E-state index in [1.54, 1.807) is 0 Å². The fraction of sp³-hybridized carbons (Fsp3) is 0.650. The molecule has 0 saturated carbocycles. The van der Waals surface area contributed by atoms with Gasteiger partial charge in [-0.25, -0.2) is 4.79 Å². The highest BCUT2D eigenvalue weighted by Crippen LogP contribution is 2.05. The van der Waals surface area contributed by atoms with Crippen LogP contribution < -0.4 is 16.0 Å². The first kappa shape index (κ1) is 20.5. The molecule has 3 N–H and O–H groups in total. The molecule has 2 amide bonds. The zero-order valence-corrected chi connectivity index (χ0v) is 15.9. The van der Waals surface area contributed by atoms with Crippen molar-refractivity contribution in [2.45, 2.75) is 78.4 Å². The zero-order valence-electron chi connectivity index (χ0n) is 15.9. The zero-order chi connectivity index (χ0) is 17.8. The molecule has 0 bridgehead atoms. The Morgan fingerprint density at radius 1 is 0.917 bits per heavy atom. The molecule has 0 aliphatic heterocycles. The number of hydrogen-bond acceptors (Lipinski definition) is 2. The van der Waals surface area contributed by atoms with Crippen molar-refractivity contribution in [3.8, 4) is 0 Å². The van der Waals surface area contributed by atoms with Crippen LogP contribution in [0.25, 0.3) is 0 Å². The minimum atomic E-state index is -0.212. The van der Waals surface area contributed by atoms with Crippen LogP contribution in [0.4, 0.5) is 4.79 Å². The predicted octanol–water partition coefficient (Wildman–Crippen LogP) is 4.34. The Labute approximate surface area is 147 Å². The molecule has 1 aromatic carbocycles. The summed E-state index contributed by atoms with van der Waals surface area (Å²) >= 11 is 0. The fourth-order valence-electron chi connectivity index (χ4n) is 2.43. The molecule has 1 aromatic rings. The molecule has 0 aliphatic carbocycles. The smallest absolute Gasteiger partial charge is 0.315 e. The molecule has 0 aliphatic rings. The predicted molar refractivity (Wildman–Crippen MR) is 102 cm³/mol. The first-order chi connectivity index (χ1) is 11.4. The lowest BCUT2D eigenvalue weighted by atomic mass is 10.1. The molecule has 136 valence electrons. The van der Waals surface area contributed by atoms with E-state index >= 15 is 0 Å². The van der Waals surface area contributed by atoms with Gasteiger partial charge in [0.15, 0.2) is 0 Å². The van der Waals surface area contributed by atoms with E-state index in [4.69, 9.17) is 0 Å². The molecule has 4 heteroatoms. The second-order valence-electron chi connectivity index (χ2n) is 7.47. The van der Waals surface area contributed by atoms with Crippen molar-refractivity contribution in [2.24, 2.45) is 0 Å². The van der Waals surface area contributed by atoms with Crippen LogP contribution >= 0.6 is 0 Å². The van der Waals surface area contributed by atoms with Gasteiger partial charge in [-0.1, -0.05) is 56.9 Å². The molecule has 24 heavy (non-hydrogen) atoms. The highest BCUT2D eigenvalue weighted by atomic mass is 16.2. The Morgan fingerprint density at radius 3 is 2.08 bits per heavy atom. The third-order valence-corrected chi connectivity index (χ3v) is 3.75. The molecular weight excluding hydrogens is 298 g/mol. The number of urea groups is 1. The van der Waals surface area contributed by atoms with Gasteiger partial charge in [-0.3, -0.25) is 0 Å². The summed E-state index contributed by atoms with van der Waals surface area (Å²) in [5, 5.41) is 9.27. The fourth-order valence-corrected chi connectivity index (χ4v) is 2.43. The summed E-state index contributed by atoms with van der Waals surface area (Å²) in [4.78, 5) is 11.7. The van der Waals surface area contributed by atoms with Crippen molar-refractivity contribution < 1.29 is 4.79 Å². The van der Waals surface area contributed by atoms with Gasteiger partial charge in [0.1, 0.15) is 0 Å². The highest BCUT2D eigenvalue weighted by molar-refractivity contribution is 5.74. The Morgan fingerprint density at radius 2 is 1.50 bits per heavy atom. The SMILES string of the molecule is CCCCCCCNCc1ccc(CNC(=O)NC(C)(C)C)cc1. The van der Waals surface area contributed by atoms with E-state index in [1.807, 2.05) is 20.8 Å². The van der Waals surface area contributed by atoms with Crippen LogP contribution in [-0.2, 0) is 13.1 Å². The van der Waals surface area contributed by atoms with E-state index in [0.717, 1.165) is 18.7 Å². The largest absolute Gasteiger partial charge is 0.334 e. The number of benzene rings is 1. The van der Waals surface area contributed by atoms with E-state index in [-0.39, 0.29) is 11.6 Å². The number of hydrogen-bond donors (Lipinski definition) is 3. The molecule has 0 radical (unpaired) electrons. The van der Waals surface area contributed by atoms with E-state index in [0.29, 0.717) is 6.54 Å². The number of nitrogens with one attached hydrogen (secondary N) is 3. The van der Waals surface area contributed by atoms with Crippen molar-refractivity contribution >= 4 is 6.03 Å². The lowest BCUT2D eigenvalue weighted by Gasteiger charge is -2.20. The maximum absolute atomic E-state index is 11.7. The first-order valence-electron chi connectivity index (χ1n) is 9.25. The second kappa shape index (κ2) is 11.1. The molecule has 0 atom stereocenters. The van der Waals surface area contributed by atoms with Gasteiger partial charge in [-0.05, 0) is 44.9 Å². The average Bonchev–Trinajstić information content (AvgIpc) is 2.51. The van der Waals surface area contributed by atoms with Gasteiger partial charge in [-0.15, -0.1) is 0 Å². The molecule has 1 rings (SSSR count). The number of carbonyl (C=O) groups excluding carboxylic acids is 1. The van der Waals surface area contributed by atoms with Crippen LogP contribution in [0.2, 0.25) is 0 Å². The number of carbonyl (C=O) groups is 1. The third-order valence-electron chi connectivity index (χ3n) is 3.75. The number of rotatable bonds is 10. The lowest BCUT2D eigenvalue weighted by Crippen LogP contribution is -2.46. The lowest BCUT2D eigenvalue weighted by molar-refractivity contribution is 0.231. The van der Waals surface area contributed by atoms with Gasteiger partial charge in [0.25, 0.3) is 0 Å². The van der Waals surface area contributed by atoms with Crippen molar-refractivity contribution in [1.29, 1.82) is 0 Å². The Hall–Kier alpha value is -1.55. The van der Waals surface area contributed by atoms with E-state index in [1.165, 1.54) is 37.7 Å². The Kier molecular flexibility index (Phi) is 9.46. The standard InChI is InChI=1S/C20H35N3O/c1-5-6-7-8-9-14-21-15-17-10-12-18(13-11-17)16-22-19(24)23-20(2,3)4/h10-13,21H,5-9,14-16H2,1-4H3,(H2,22,23,24). The second-order valence-corrected chi connectivity index (χ2v) is 7.47. The normalized spacial score (nSPS) is 11.3. The summed E-state index contributed by atoms with van der Waals surface area (Å²) < 4.78 is 0.